The molecule has 0 aliphatic carbocycles. The minimum Gasteiger partial charge on any atom is -0.465 e. The molecule has 0 spiro atoms. The van der Waals surface area contributed by atoms with Crippen LogP contribution in [0.2, 0.25) is 0 Å². The molecule has 28 heavy (non-hydrogen) atoms. The van der Waals surface area contributed by atoms with Crippen LogP contribution in [-0.2, 0) is 16.0 Å². The van der Waals surface area contributed by atoms with Gasteiger partial charge >= 0.3 is 12.1 Å². The molecule has 2 N–H and O–H groups in total. The van der Waals surface area contributed by atoms with E-state index in [1.54, 1.807) is 33.8 Å². The number of hydrogen-bond donors (Lipinski definition) is 2. The summed E-state index contributed by atoms with van der Waals surface area (Å²) in [5.41, 5.74) is 0.484. The molecule has 0 radical (unpaired) electrons. The summed E-state index contributed by atoms with van der Waals surface area (Å²) in [5, 5.41) is 5.64. The summed E-state index contributed by atoms with van der Waals surface area (Å²) < 4.78 is 15.4. The summed E-state index contributed by atoms with van der Waals surface area (Å²) in [5.74, 6) is -0.572. The quantitative estimate of drug-likeness (QED) is 0.724. The number of esters is 1. The summed E-state index contributed by atoms with van der Waals surface area (Å²) in [7, 11) is 1.29. The number of rotatable bonds is 5. The van der Waals surface area contributed by atoms with Gasteiger partial charge in [0.25, 0.3) is 5.91 Å². The second-order valence-corrected chi connectivity index (χ2v) is 8.28. The maximum Gasteiger partial charge on any atom is 0.408 e. The number of anilines is 1. The Kier molecular flexibility index (Phi) is 6.50. The lowest BCUT2D eigenvalue weighted by Crippen LogP contribution is -2.32. The third-order valence-corrected chi connectivity index (χ3v) is 4.82. The van der Waals surface area contributed by atoms with Crippen molar-refractivity contribution in [1.29, 1.82) is 0 Å². The van der Waals surface area contributed by atoms with Crippen LogP contribution >= 0.6 is 11.3 Å². The van der Waals surface area contributed by atoms with Crippen molar-refractivity contribution in [2.75, 3.05) is 12.4 Å². The van der Waals surface area contributed by atoms with Crippen LogP contribution < -0.4 is 10.6 Å². The topological polar surface area (TPSA) is 107 Å². The molecular weight excluding hydrogens is 384 g/mol. The molecule has 0 saturated heterocycles. The molecule has 9 heteroatoms. The molecule has 0 atom stereocenters. The molecule has 8 nitrogen and oxygen atoms in total. The molecule has 2 rings (SSSR count). The number of ether oxygens (including phenoxy) is 2. The van der Waals surface area contributed by atoms with Crippen molar-refractivity contribution in [3.63, 3.8) is 0 Å². The van der Waals surface area contributed by atoms with E-state index in [9.17, 15) is 14.4 Å². The number of carbonyl (C=O) groups excluding carboxylic acids is 3. The fraction of sp³-hybridized carbons (Fsp3) is 0.421. The molecule has 0 aliphatic heterocycles. The fourth-order valence-electron chi connectivity index (χ4n) is 2.30. The van der Waals surface area contributed by atoms with Crippen LogP contribution in [0.4, 0.5) is 9.80 Å². The first kappa shape index (κ1) is 21.5. The Bertz CT molecular complexity index is 891. The maximum absolute atomic E-state index is 12.5. The Labute approximate surface area is 167 Å². The molecule has 2 amide bonds. The third-order valence-electron chi connectivity index (χ3n) is 3.69. The van der Waals surface area contributed by atoms with Crippen molar-refractivity contribution in [3.05, 3.63) is 39.7 Å². The Morgan fingerprint density at radius 2 is 1.86 bits per heavy atom. The van der Waals surface area contributed by atoms with E-state index < -0.39 is 23.6 Å². The van der Waals surface area contributed by atoms with E-state index in [0.717, 1.165) is 10.4 Å². The number of amides is 2. The van der Waals surface area contributed by atoms with Gasteiger partial charge in [0.15, 0.2) is 5.76 Å². The molecule has 152 valence electrons. The van der Waals surface area contributed by atoms with Crippen LogP contribution in [0.1, 0.15) is 57.9 Å². The number of furan rings is 1. The van der Waals surface area contributed by atoms with Crippen molar-refractivity contribution >= 4 is 34.3 Å². The molecule has 0 saturated carbocycles. The minimum absolute atomic E-state index is 0.0560. The monoisotopic (exact) mass is 408 g/mol. The van der Waals surface area contributed by atoms with Crippen LogP contribution in [0.15, 0.2) is 16.5 Å². The number of carbonyl (C=O) groups is 3. The molecule has 2 aromatic heterocycles. The van der Waals surface area contributed by atoms with E-state index in [1.807, 2.05) is 6.92 Å². The molecule has 2 heterocycles. The molecule has 0 fully saturated rings. The zero-order valence-electron chi connectivity index (χ0n) is 16.7. The third kappa shape index (κ3) is 5.35. The highest BCUT2D eigenvalue weighted by molar-refractivity contribution is 7.16. The average molecular weight is 408 g/mol. The van der Waals surface area contributed by atoms with E-state index in [-0.39, 0.29) is 12.3 Å². The number of nitrogens with one attached hydrogen (secondary N) is 2. The van der Waals surface area contributed by atoms with Crippen molar-refractivity contribution < 1.29 is 28.3 Å². The fourth-order valence-corrected chi connectivity index (χ4v) is 3.34. The first-order chi connectivity index (χ1) is 13.0. The number of alkyl carbamates (subject to hydrolysis) is 1. The van der Waals surface area contributed by atoms with Crippen LogP contribution in [0, 0.1) is 13.8 Å². The lowest BCUT2D eigenvalue weighted by atomic mass is 10.1. The highest BCUT2D eigenvalue weighted by atomic mass is 32.1. The van der Waals surface area contributed by atoms with Crippen molar-refractivity contribution in [2.24, 2.45) is 0 Å². The Hall–Kier alpha value is -2.81. The summed E-state index contributed by atoms with van der Waals surface area (Å²) in [6, 6.07) is 3.07. The van der Waals surface area contributed by atoms with E-state index in [4.69, 9.17) is 13.9 Å². The normalized spacial score (nSPS) is 11.1. The number of thiophene rings is 1. The SMILES string of the molecule is COC(=O)c1c(NC(=O)c2ccc(CNC(=O)OC(C)(C)C)o2)sc(C)c1C. The van der Waals surface area contributed by atoms with Crippen LogP contribution in [0.5, 0.6) is 0 Å². The molecule has 2 aromatic rings. The summed E-state index contributed by atoms with van der Waals surface area (Å²) in [6.07, 6.45) is -0.581. The van der Waals surface area contributed by atoms with Gasteiger partial charge in [-0.25, -0.2) is 9.59 Å². The van der Waals surface area contributed by atoms with E-state index in [1.165, 1.54) is 24.5 Å². The number of hydrogen-bond acceptors (Lipinski definition) is 7. The van der Waals surface area contributed by atoms with Gasteiger partial charge in [-0.3, -0.25) is 4.79 Å². The summed E-state index contributed by atoms with van der Waals surface area (Å²) in [4.78, 5) is 37.1. The Morgan fingerprint density at radius 1 is 1.18 bits per heavy atom. The number of methoxy groups -OCH3 is 1. The number of aryl methyl sites for hydroxylation is 1. The Morgan fingerprint density at radius 3 is 2.46 bits per heavy atom. The van der Waals surface area contributed by atoms with E-state index >= 15 is 0 Å². The van der Waals surface area contributed by atoms with Crippen molar-refractivity contribution in [2.45, 2.75) is 46.8 Å². The van der Waals surface area contributed by atoms with E-state index in [0.29, 0.717) is 16.3 Å². The van der Waals surface area contributed by atoms with Gasteiger partial charge in [0.2, 0.25) is 0 Å². The zero-order valence-corrected chi connectivity index (χ0v) is 17.5. The Balaban J connectivity index is 2.04. The second kappa shape index (κ2) is 8.47. The molecule has 0 aromatic carbocycles. The molecule has 0 bridgehead atoms. The lowest BCUT2D eigenvalue weighted by molar-refractivity contribution is 0.0518. The molecular formula is C19H24N2O6S. The molecule has 0 unspecified atom stereocenters. The minimum atomic E-state index is -0.605. The van der Waals surface area contributed by atoms with Crippen LogP contribution in [0.25, 0.3) is 0 Å². The van der Waals surface area contributed by atoms with Gasteiger partial charge in [-0.05, 0) is 52.3 Å². The van der Waals surface area contributed by atoms with Crippen molar-refractivity contribution in [1.82, 2.24) is 5.32 Å². The predicted molar refractivity (Wildman–Crippen MR) is 105 cm³/mol. The lowest BCUT2D eigenvalue weighted by Gasteiger charge is -2.19. The highest BCUT2D eigenvalue weighted by Gasteiger charge is 2.23. The van der Waals surface area contributed by atoms with Gasteiger partial charge < -0.3 is 24.5 Å². The van der Waals surface area contributed by atoms with Gasteiger partial charge in [-0.15, -0.1) is 11.3 Å². The standard InChI is InChI=1S/C19H24N2O6S/c1-10-11(2)28-16(14(10)17(23)25-6)21-15(22)13-8-7-12(26-13)9-20-18(24)27-19(3,4)5/h7-8H,9H2,1-6H3,(H,20,24)(H,21,22). The van der Waals surface area contributed by atoms with E-state index in [2.05, 4.69) is 10.6 Å². The van der Waals surface area contributed by atoms with Crippen LogP contribution in [-0.4, -0.2) is 30.7 Å². The molecule has 0 aliphatic rings. The zero-order chi connectivity index (χ0) is 21.1. The van der Waals surface area contributed by atoms with Crippen molar-refractivity contribution in [3.8, 4) is 0 Å². The van der Waals surface area contributed by atoms with Gasteiger partial charge in [-0.1, -0.05) is 0 Å². The summed E-state index contributed by atoms with van der Waals surface area (Å²) >= 11 is 1.29. The average Bonchev–Trinajstić information content (AvgIpc) is 3.16. The van der Waals surface area contributed by atoms with Gasteiger partial charge in [0.05, 0.1) is 19.2 Å². The largest absolute Gasteiger partial charge is 0.465 e. The first-order valence-corrected chi connectivity index (χ1v) is 9.38. The smallest absolute Gasteiger partial charge is 0.408 e. The first-order valence-electron chi connectivity index (χ1n) is 8.57. The van der Waals surface area contributed by atoms with Gasteiger partial charge in [-0.2, -0.15) is 0 Å². The van der Waals surface area contributed by atoms with Crippen LogP contribution in [0.3, 0.4) is 0 Å². The predicted octanol–water partition coefficient (Wildman–Crippen LogP) is 4.02. The maximum atomic E-state index is 12.5. The highest BCUT2D eigenvalue weighted by Crippen LogP contribution is 2.33. The van der Waals surface area contributed by atoms with Gasteiger partial charge in [0, 0.05) is 4.88 Å². The summed E-state index contributed by atoms with van der Waals surface area (Å²) in [6.45, 7) is 9.01. The van der Waals surface area contributed by atoms with Gasteiger partial charge in [0.1, 0.15) is 16.4 Å². The second-order valence-electron chi connectivity index (χ2n) is 7.05.